The Bertz CT molecular complexity index is 2460. The molecule has 1 aliphatic heterocycles. The maximum absolute atomic E-state index is 13.5. The molecule has 302 valence electrons. The van der Waals surface area contributed by atoms with Gasteiger partial charge in [0, 0.05) is 36.5 Å². The van der Waals surface area contributed by atoms with Gasteiger partial charge >= 0.3 is 0 Å². The number of pyridine rings is 1. The molecule has 0 saturated heterocycles. The summed E-state index contributed by atoms with van der Waals surface area (Å²) in [5, 5.41) is 17.2. The molecule has 0 saturated carbocycles. The van der Waals surface area contributed by atoms with E-state index < -0.39 is 15.9 Å². The third kappa shape index (κ3) is 9.82. The Morgan fingerprint density at radius 2 is 1.78 bits per heavy atom. The maximum atomic E-state index is 13.5. The lowest BCUT2D eigenvalue weighted by Gasteiger charge is -2.31. The molecule has 0 aliphatic carbocycles. The minimum absolute atomic E-state index is 0. The van der Waals surface area contributed by atoms with E-state index in [2.05, 4.69) is 30.0 Å². The molecule has 1 atom stereocenters. The molecule has 0 bridgehead atoms. The van der Waals surface area contributed by atoms with E-state index in [1.165, 1.54) is 18.2 Å². The summed E-state index contributed by atoms with van der Waals surface area (Å²) in [5.41, 5.74) is 4.77. The highest BCUT2D eigenvalue weighted by molar-refractivity contribution is 7.90. The lowest BCUT2D eigenvalue weighted by atomic mass is 9.94. The van der Waals surface area contributed by atoms with Crippen LogP contribution in [0.1, 0.15) is 44.0 Å². The van der Waals surface area contributed by atoms with Gasteiger partial charge in [-0.1, -0.05) is 42.5 Å². The number of nitrogens with zero attached hydrogens (tertiary/aromatic N) is 6. The number of hydrogen-bond donors (Lipinski definition) is 4. The molecule has 58 heavy (non-hydrogen) atoms. The standard InChI is InChI=1S/C41H43N9O6S.H2O/c1-48(2)21-18-28(27-56-31-10-4-3-5-11-31)23-30-16-17-32(24-36(30)46-53)57(54,55)47-41(52)35-13-7-14-38(43-35)49-22-19-29-9-6-12-33(34(29)25-49)40(51)45-37-26-50-39(44-37)15-8-20-42-50;/h3-17,20,24,26,28,46,53H,18-19,21-23,25,27H2,1-2H3,(H,45,51)(H,47,52);1H2/p+1/t28-;/m0./s1. The Morgan fingerprint density at radius 3 is 2.55 bits per heavy atom. The maximum Gasteiger partial charge on any atom is 0.283 e. The highest BCUT2D eigenvalue weighted by atomic mass is 32.2. The minimum Gasteiger partial charge on any atom is -0.493 e. The van der Waals surface area contributed by atoms with Crippen molar-refractivity contribution in [3.8, 4) is 5.75 Å². The molecule has 7 rings (SSSR count). The van der Waals surface area contributed by atoms with Crippen molar-refractivity contribution in [2.75, 3.05) is 44.0 Å². The zero-order chi connectivity index (χ0) is 39.9. The molecule has 6 aromatic rings. The van der Waals surface area contributed by atoms with E-state index in [0.717, 1.165) is 40.9 Å². The number of sulfonamides is 1. The van der Waals surface area contributed by atoms with E-state index in [1.807, 2.05) is 61.5 Å². The van der Waals surface area contributed by atoms with Gasteiger partial charge in [0.25, 0.3) is 21.8 Å². The SMILES string of the molecule is CN(C)CC[C@H](COc1ccccc1)Cc1ccc(S(=O)(=O)NC(=O)c2cccc(N3CCc4cccc(C(=O)Nc5cn6ncccc6n5)c4C3)n2)cc1[NH2+]O.O. The van der Waals surface area contributed by atoms with Crippen molar-refractivity contribution in [1.29, 1.82) is 0 Å². The van der Waals surface area contributed by atoms with E-state index in [0.29, 0.717) is 61.1 Å². The van der Waals surface area contributed by atoms with Gasteiger partial charge in [-0.3, -0.25) is 9.59 Å². The van der Waals surface area contributed by atoms with Crippen molar-refractivity contribution < 1.29 is 38.9 Å². The van der Waals surface area contributed by atoms with E-state index >= 15 is 0 Å². The number of nitrogens with two attached hydrogens (primary N) is 1. The van der Waals surface area contributed by atoms with Gasteiger partial charge < -0.3 is 25.3 Å². The summed E-state index contributed by atoms with van der Waals surface area (Å²) in [6, 6.07) is 27.9. The quantitative estimate of drug-likeness (QED) is 0.0873. The number of para-hydroxylation sites is 1. The molecule has 0 fully saturated rings. The van der Waals surface area contributed by atoms with Crippen LogP contribution in [0, 0.1) is 5.92 Å². The second-order valence-electron chi connectivity index (χ2n) is 14.1. The van der Waals surface area contributed by atoms with Crippen LogP contribution in [0.15, 0.2) is 114 Å². The van der Waals surface area contributed by atoms with E-state index in [9.17, 15) is 23.2 Å². The van der Waals surface area contributed by atoms with Gasteiger partial charge in [0.05, 0.1) is 17.7 Å². The van der Waals surface area contributed by atoms with Crippen LogP contribution in [-0.2, 0) is 29.4 Å². The predicted octanol–water partition coefficient (Wildman–Crippen LogP) is 3.01. The van der Waals surface area contributed by atoms with Crippen molar-refractivity contribution in [1.82, 2.24) is 29.2 Å². The number of aromatic nitrogens is 4. The summed E-state index contributed by atoms with van der Waals surface area (Å²) >= 11 is 0. The minimum atomic E-state index is -4.35. The zero-order valence-corrected chi connectivity index (χ0v) is 32.9. The molecule has 0 spiro atoms. The summed E-state index contributed by atoms with van der Waals surface area (Å²) in [7, 11) is -0.358. The fourth-order valence-electron chi connectivity index (χ4n) is 6.80. The van der Waals surface area contributed by atoms with E-state index in [-0.39, 0.29) is 27.9 Å². The fraction of sp³-hybridized carbons (Fsp3) is 0.244. The summed E-state index contributed by atoms with van der Waals surface area (Å²) < 4.78 is 36.8. The van der Waals surface area contributed by atoms with E-state index in [4.69, 9.17) is 4.74 Å². The van der Waals surface area contributed by atoms with Gasteiger partial charge in [-0.15, -0.1) is 0 Å². The normalized spacial score (nSPS) is 13.1. The molecule has 4 heterocycles. The molecule has 16 nitrogen and oxygen atoms in total. The van der Waals surface area contributed by atoms with Crippen molar-refractivity contribution in [3.05, 3.63) is 137 Å². The molecule has 0 radical (unpaired) electrons. The third-order valence-corrected chi connectivity index (χ3v) is 11.1. The van der Waals surface area contributed by atoms with Gasteiger partial charge in [0.1, 0.15) is 17.3 Å². The monoisotopic (exact) mass is 808 g/mol. The van der Waals surface area contributed by atoms with Crippen LogP contribution in [0.5, 0.6) is 5.75 Å². The highest BCUT2D eigenvalue weighted by Crippen LogP contribution is 2.28. The van der Waals surface area contributed by atoms with Crippen LogP contribution in [0.25, 0.3) is 5.65 Å². The number of fused-ring (bicyclic) bond motifs is 2. The molecule has 17 heteroatoms. The average molecular weight is 809 g/mol. The number of imidazole rings is 1. The number of benzene rings is 3. The first kappa shape index (κ1) is 41.4. The van der Waals surface area contributed by atoms with Crippen LogP contribution in [0.2, 0.25) is 0 Å². The first-order valence-corrected chi connectivity index (χ1v) is 20.0. The Hall–Kier alpha value is -6.24. The number of carbonyl (C=O) groups is 2. The van der Waals surface area contributed by atoms with Crippen molar-refractivity contribution in [2.24, 2.45) is 5.92 Å². The summed E-state index contributed by atoms with van der Waals surface area (Å²) in [5.74, 6) is 0.428. The van der Waals surface area contributed by atoms with Crippen LogP contribution in [0.4, 0.5) is 17.3 Å². The van der Waals surface area contributed by atoms with Crippen LogP contribution >= 0.6 is 0 Å². The molecule has 7 N–H and O–H groups in total. The number of nitrogens with one attached hydrogen (secondary N) is 2. The lowest BCUT2D eigenvalue weighted by molar-refractivity contribution is -0.826. The van der Waals surface area contributed by atoms with Crippen LogP contribution in [-0.4, -0.2) is 89.2 Å². The summed E-state index contributed by atoms with van der Waals surface area (Å²) in [6.07, 6.45) is 5.24. The fourth-order valence-corrected chi connectivity index (χ4v) is 7.79. The number of anilines is 2. The van der Waals surface area contributed by atoms with E-state index in [1.54, 1.807) is 53.3 Å². The predicted molar refractivity (Wildman–Crippen MR) is 217 cm³/mol. The van der Waals surface area contributed by atoms with Gasteiger partial charge in [0.2, 0.25) is 0 Å². The molecular formula is C41H46N9O7S+. The summed E-state index contributed by atoms with van der Waals surface area (Å²) in [6.45, 7) is 2.16. The van der Waals surface area contributed by atoms with Gasteiger partial charge in [-0.2, -0.15) is 10.6 Å². The second-order valence-corrected chi connectivity index (χ2v) is 15.8. The largest absolute Gasteiger partial charge is 0.493 e. The number of ether oxygens (including phenoxy) is 1. The number of amides is 2. The van der Waals surface area contributed by atoms with Gasteiger partial charge in [-0.25, -0.2) is 32.8 Å². The molecule has 0 unspecified atom stereocenters. The van der Waals surface area contributed by atoms with Crippen molar-refractivity contribution >= 4 is 44.8 Å². The zero-order valence-electron chi connectivity index (χ0n) is 32.1. The highest BCUT2D eigenvalue weighted by Gasteiger charge is 2.26. The Balaban J connectivity index is 0.00000567. The lowest BCUT2D eigenvalue weighted by Crippen LogP contribution is -2.74. The number of quaternary nitrogens is 1. The molecule has 3 aromatic carbocycles. The molecule has 3 aromatic heterocycles. The number of carbonyl (C=O) groups excluding carboxylic acids is 2. The number of hydrogen-bond acceptors (Lipinski definition) is 11. The average Bonchev–Trinajstić information content (AvgIpc) is 3.64. The van der Waals surface area contributed by atoms with Crippen LogP contribution < -0.4 is 25.2 Å². The molecule has 2 amide bonds. The smallest absolute Gasteiger partial charge is 0.283 e. The van der Waals surface area contributed by atoms with Gasteiger partial charge in [0.15, 0.2) is 17.2 Å². The van der Waals surface area contributed by atoms with Gasteiger partial charge in [-0.05, 0) is 105 Å². The topological polar surface area (TPSA) is 219 Å². The molecule has 1 aliphatic rings. The third-order valence-electron chi connectivity index (χ3n) is 9.80. The second kappa shape index (κ2) is 18.4. The van der Waals surface area contributed by atoms with Crippen molar-refractivity contribution in [3.63, 3.8) is 0 Å². The molecular weight excluding hydrogens is 763 g/mol. The number of rotatable bonds is 15. The first-order chi connectivity index (χ1) is 27.6. The Morgan fingerprint density at radius 1 is 0.966 bits per heavy atom. The van der Waals surface area contributed by atoms with Crippen molar-refractivity contribution in [2.45, 2.75) is 30.7 Å². The van der Waals surface area contributed by atoms with Crippen LogP contribution in [0.3, 0.4) is 0 Å². The Kier molecular flexibility index (Phi) is 13.1. The summed E-state index contributed by atoms with van der Waals surface area (Å²) in [4.78, 5) is 39.7. The Labute approximate surface area is 335 Å². The first-order valence-electron chi connectivity index (χ1n) is 18.5.